The number of phenolic OH excluding ortho intramolecular Hbond substituents is 8. The molecule has 0 aromatic heterocycles. The van der Waals surface area contributed by atoms with E-state index in [4.69, 9.17) is 16.7 Å². The molecule has 4 aromatic carbocycles. The number of aliphatic hydroxyl groups is 4. The van der Waals surface area contributed by atoms with E-state index in [0.717, 1.165) is 43.9 Å². The smallest absolute Gasteiger partial charge is 0.397 e. The van der Waals surface area contributed by atoms with Gasteiger partial charge in [-0.1, -0.05) is 0 Å². The second-order valence-electron chi connectivity index (χ2n) is 26.0. The lowest BCUT2D eigenvalue weighted by Crippen LogP contribution is -2.35. The van der Waals surface area contributed by atoms with Gasteiger partial charge in [0.05, 0.1) is 73.1 Å². The molecule has 44 heteroatoms. The molecule has 4 saturated heterocycles. The van der Waals surface area contributed by atoms with Crippen LogP contribution in [0.15, 0.2) is 24.3 Å². The molecule has 4 aliphatic heterocycles. The molecular formula is C60H76N4O36S4. The monoisotopic (exact) mass is 1560 g/mol. The molecule has 104 heavy (non-hydrogen) atoms. The highest BCUT2D eigenvalue weighted by Crippen LogP contribution is 2.56. The fourth-order valence-electron chi connectivity index (χ4n) is 14.8. The molecule has 1 aliphatic carbocycles. The van der Waals surface area contributed by atoms with Crippen molar-refractivity contribution in [3.63, 3.8) is 0 Å². The number of hydrogen-bond acceptors (Lipinski definition) is 32. The summed E-state index contributed by atoms with van der Waals surface area (Å²) >= 11 is 0. The van der Waals surface area contributed by atoms with Gasteiger partial charge in [-0.15, -0.1) is 0 Å². The fraction of sp³-hybridized carbons (Fsp3) is 0.533. The summed E-state index contributed by atoms with van der Waals surface area (Å²) < 4.78 is 159. The van der Waals surface area contributed by atoms with Crippen LogP contribution in [0.2, 0.25) is 0 Å². The van der Waals surface area contributed by atoms with Crippen molar-refractivity contribution in [2.45, 2.75) is 150 Å². The minimum atomic E-state index is -5.54. The van der Waals surface area contributed by atoms with Crippen molar-refractivity contribution in [2.24, 2.45) is 0 Å². The van der Waals surface area contributed by atoms with Crippen LogP contribution < -0.4 is 0 Å². The number of aromatic hydroxyl groups is 8. The number of aliphatic carboxylic acids is 4. The fourth-order valence-corrected chi connectivity index (χ4v) is 16.1. The number of hydrogen-bond donors (Lipinski definition) is 20. The number of fused-ring (bicyclic) bond motifs is 8. The third kappa shape index (κ3) is 18.2. The first kappa shape index (κ1) is 80.4. The van der Waals surface area contributed by atoms with Crippen LogP contribution in [0.25, 0.3) is 0 Å². The van der Waals surface area contributed by atoms with E-state index >= 15 is 0 Å². The summed E-state index contributed by atoms with van der Waals surface area (Å²) in [5.74, 6) is -24.0. The van der Waals surface area contributed by atoms with E-state index in [-0.39, 0.29) is 0 Å². The van der Waals surface area contributed by atoms with Gasteiger partial charge < -0.3 is 81.7 Å². The highest BCUT2D eigenvalue weighted by molar-refractivity contribution is 7.81. The van der Waals surface area contributed by atoms with E-state index in [1.807, 2.05) is 0 Å². The first-order chi connectivity index (χ1) is 48.3. The van der Waals surface area contributed by atoms with Crippen LogP contribution in [-0.2, 0) is 104 Å². The lowest BCUT2D eigenvalue weighted by molar-refractivity contribution is -0.143. The molecule has 20 N–H and O–H groups in total. The number of phenols is 8. The highest BCUT2D eigenvalue weighted by atomic mass is 32.3. The lowest BCUT2D eigenvalue weighted by atomic mass is 9.75. The average molecular weight is 1560 g/mol. The molecule has 576 valence electrons. The Balaban J connectivity index is 1.54. The quantitative estimate of drug-likeness (QED) is 0.0306. The van der Waals surface area contributed by atoms with Crippen LogP contribution in [0, 0.1) is 0 Å². The second-order valence-corrected chi connectivity index (χ2v) is 30.3. The van der Waals surface area contributed by atoms with Crippen molar-refractivity contribution in [3.05, 3.63) is 91.0 Å². The van der Waals surface area contributed by atoms with Crippen LogP contribution in [0.1, 0.15) is 142 Å². The van der Waals surface area contributed by atoms with Gasteiger partial charge in [-0.05, 0) is 49.9 Å². The molecule has 5 aliphatic rings. The number of rotatable bonds is 28. The van der Waals surface area contributed by atoms with Gasteiger partial charge in [0, 0.05) is 146 Å². The average Bonchev–Trinajstić information content (AvgIpc) is 0.908. The molecule has 40 nitrogen and oxygen atoms in total. The molecule has 0 radical (unpaired) electrons. The number of nitrogens with zero attached hydrogens (tertiary/aromatic N) is 4. The largest absolute Gasteiger partial charge is 0.507 e. The summed E-state index contributed by atoms with van der Waals surface area (Å²) in [5.41, 5.74) is -8.94. The Morgan fingerprint density at radius 1 is 0.317 bits per heavy atom. The van der Waals surface area contributed by atoms with Crippen molar-refractivity contribution in [3.8, 4) is 46.0 Å². The van der Waals surface area contributed by atoms with Crippen LogP contribution >= 0.6 is 0 Å². The topological polar surface area (TPSA) is 659 Å². The van der Waals surface area contributed by atoms with Crippen molar-refractivity contribution >= 4 is 65.5 Å². The molecule has 9 rings (SSSR count). The predicted octanol–water partition coefficient (Wildman–Crippen LogP) is -0.910. The van der Waals surface area contributed by atoms with Gasteiger partial charge >= 0.3 is 65.5 Å². The van der Waals surface area contributed by atoms with Gasteiger partial charge in [-0.2, -0.15) is 33.7 Å². The number of aliphatic hydroxyl groups excluding tert-OH is 4. The van der Waals surface area contributed by atoms with E-state index in [1.54, 1.807) is 0 Å². The third-order valence-corrected chi connectivity index (χ3v) is 21.2. The van der Waals surface area contributed by atoms with Crippen LogP contribution in [0.4, 0.5) is 0 Å². The summed E-state index contributed by atoms with van der Waals surface area (Å²) in [6.07, 6.45) is -11.8. The summed E-state index contributed by atoms with van der Waals surface area (Å²) in [7, 11) is -22.1. The zero-order chi connectivity index (χ0) is 76.9. The first-order valence-corrected chi connectivity index (χ1v) is 37.2. The van der Waals surface area contributed by atoms with Gasteiger partial charge in [0.25, 0.3) is 0 Å². The molecule has 4 fully saturated rings. The molecular weight excluding hydrogens is 1480 g/mol. The normalized spacial score (nSPS) is 25.2. The summed E-state index contributed by atoms with van der Waals surface area (Å²) in [6.45, 7) is -11.1. The molecule has 8 bridgehead atoms. The van der Waals surface area contributed by atoms with Gasteiger partial charge in [0.2, 0.25) is 0 Å². The minimum absolute atomic E-state index is 0.506. The third-order valence-electron chi connectivity index (χ3n) is 19.4. The Morgan fingerprint density at radius 2 is 0.471 bits per heavy atom. The summed E-state index contributed by atoms with van der Waals surface area (Å²) in [5, 5.41) is 190. The zero-order valence-corrected chi connectivity index (χ0v) is 57.5. The Kier molecular flexibility index (Phi) is 24.3. The van der Waals surface area contributed by atoms with E-state index in [1.165, 1.54) is 0 Å². The van der Waals surface area contributed by atoms with Gasteiger partial charge in [0.1, 0.15) is 70.2 Å². The molecule has 0 spiro atoms. The Morgan fingerprint density at radius 3 is 0.606 bits per heavy atom. The van der Waals surface area contributed by atoms with Gasteiger partial charge in [-0.3, -0.25) is 57.0 Å². The predicted molar refractivity (Wildman–Crippen MR) is 345 cm³/mol. The first-order valence-electron chi connectivity index (χ1n) is 31.7. The van der Waals surface area contributed by atoms with Crippen LogP contribution in [0.3, 0.4) is 0 Å². The van der Waals surface area contributed by atoms with Crippen molar-refractivity contribution in [1.29, 1.82) is 0 Å². The summed E-state index contributed by atoms with van der Waals surface area (Å²) in [6, 6.07) is -3.33. The maximum atomic E-state index is 13.1. The number of benzene rings is 4. The van der Waals surface area contributed by atoms with E-state index < -0.39 is 381 Å². The number of β-amino-alcohol motifs (C(OH)–C–C–N with tert-alkyl or cyclic N) is 4. The lowest BCUT2D eigenvalue weighted by Gasteiger charge is -2.33. The molecule has 0 saturated carbocycles. The van der Waals surface area contributed by atoms with Crippen molar-refractivity contribution in [1.82, 2.24) is 19.6 Å². The van der Waals surface area contributed by atoms with Gasteiger partial charge in [-0.25, -0.2) is 16.7 Å². The summed E-state index contributed by atoms with van der Waals surface area (Å²) in [4.78, 5) is 55.7. The van der Waals surface area contributed by atoms with Gasteiger partial charge in [0.15, 0.2) is 0 Å². The van der Waals surface area contributed by atoms with E-state index in [9.17, 15) is 153 Å². The minimum Gasteiger partial charge on any atom is -0.507 e. The zero-order valence-electron chi connectivity index (χ0n) is 54.3. The maximum Gasteiger partial charge on any atom is 0.397 e. The number of likely N-dealkylation sites (tertiary alicyclic amines) is 4. The van der Waals surface area contributed by atoms with Crippen molar-refractivity contribution in [2.75, 3.05) is 52.6 Å². The second kappa shape index (κ2) is 31.4. The highest BCUT2D eigenvalue weighted by Gasteiger charge is 2.45. The van der Waals surface area contributed by atoms with Crippen LogP contribution in [0.5, 0.6) is 46.0 Å². The SMILES string of the molecule is O=C(O)[C@@H]1C[C@@H](O)CN1Cc1c(O)c2cc(c1O)C(CCOS(=O)(=O)O)c1cc(c(O)c(CN3C[C@H](O)C[C@H]3C(=O)O)c1O)C(CCOS(=O)(=O)O)c1cc(c(O)c(CN3C[C@H](O)C[C@H]3C(=O)O)c1O)C(CCOS(=O)(=O)O)c1cc(c(O)c(CN3C[C@H](O)C[C@H]3C(=O)O)c1O)C2CCOS(=O)(=O)O. The number of carboxylic acids is 4. The van der Waals surface area contributed by atoms with Crippen molar-refractivity contribution < 1.29 is 169 Å². The Bertz CT molecular complexity index is 3800. The molecule has 0 amide bonds. The van der Waals surface area contributed by atoms with Crippen LogP contribution in [-0.4, -0.2) is 278 Å². The molecule has 4 aromatic rings. The van der Waals surface area contributed by atoms with E-state index in [0.29, 0.717) is 0 Å². The molecule has 0 unspecified atom stereocenters. The Hall–Kier alpha value is -7.68. The maximum absolute atomic E-state index is 13.1. The number of carbonyl (C=O) groups is 4. The molecule has 8 atom stereocenters. The molecule has 4 heterocycles. The van der Waals surface area contributed by atoms with E-state index in [2.05, 4.69) is 0 Å². The Labute approximate surface area is 591 Å². The number of carboxylic acid groups (broad SMARTS) is 4. The standard InChI is InChI=1S/C60H76N4O36S4/c65-25-9-45(57(77)78)61(17-25)21-41-49(69)33-13-35(51(41)71)30(2-6-98-102(88,89)90)37-15-39(55(75)43(53(37)73)23-63-19-27(67)11-47(63)59(81)82)32(4-8-100-104(94,95)96)40-16-38(54(74)44(56(40)76)24-64-20-28(68)12-48(64)60(83)84)31(3-7-99-103(91,92)93)36-14-34(29(33)1-5-97-101(85,86)87)50(70)42(52(36)72)22-62-18-26(66)10-46(62)58(79)80/h13-16,25-32,45-48,65-76H,1-12,17-24H2,(H,77,78)(H,79,80)(H,81,82)(H,83,84)(H,85,86,87)(H,88,89,90)(H,91,92,93)(H,94,95,96)/t25-,26-,27-,28-,29?,30?,31?,32?,45+,46+,47+,48+/m1/s1.